The smallest absolute Gasteiger partial charge is 0.271 e. The Balaban J connectivity index is 2.00. The number of hydrogen-bond acceptors (Lipinski definition) is 6. The van der Waals surface area contributed by atoms with Crippen molar-refractivity contribution in [3.63, 3.8) is 0 Å². The summed E-state index contributed by atoms with van der Waals surface area (Å²) in [6, 6.07) is 11.1. The maximum atomic E-state index is 13.1. The molecule has 0 bridgehead atoms. The highest BCUT2D eigenvalue weighted by molar-refractivity contribution is 6.01. The quantitative estimate of drug-likeness (QED) is 0.569. The normalized spacial score (nSPS) is 10.8. The monoisotopic (exact) mass is 431 g/mol. The molecule has 0 aliphatic carbocycles. The number of carbonyl (C=O) groups excluding carboxylic acids is 1. The van der Waals surface area contributed by atoms with E-state index in [0.717, 1.165) is 15.7 Å². The average Bonchev–Trinajstić information content (AvgIpc) is 2.76. The summed E-state index contributed by atoms with van der Waals surface area (Å²) in [5.41, 5.74) is 1.80. The predicted octanol–water partition coefficient (Wildman–Crippen LogP) is 3.87. The fourth-order valence-corrected chi connectivity index (χ4v) is 3.56. The van der Waals surface area contributed by atoms with Gasteiger partial charge in [0.05, 0.1) is 12.1 Å². The third-order valence-electron chi connectivity index (χ3n) is 5.29. The lowest BCUT2D eigenvalue weighted by Gasteiger charge is -2.17. The first-order valence-corrected chi connectivity index (χ1v) is 10.3. The molecule has 0 saturated carbocycles. The van der Waals surface area contributed by atoms with Crippen LogP contribution in [-0.2, 0) is 6.54 Å². The van der Waals surface area contributed by atoms with Crippen LogP contribution in [0.4, 0.5) is 0 Å². The second-order valence-corrected chi connectivity index (χ2v) is 7.97. The van der Waals surface area contributed by atoms with Gasteiger partial charge in [0.25, 0.3) is 5.56 Å². The van der Waals surface area contributed by atoms with Crippen molar-refractivity contribution in [3.05, 3.63) is 86.5 Å². The highest BCUT2D eigenvalue weighted by Gasteiger charge is 2.25. The molecule has 0 unspecified atom stereocenters. The number of aryl methyl sites for hydroxylation is 1. The van der Waals surface area contributed by atoms with Crippen molar-refractivity contribution in [2.24, 2.45) is 0 Å². The van der Waals surface area contributed by atoms with Crippen LogP contribution in [0.25, 0.3) is 0 Å². The molecule has 0 saturated heterocycles. The van der Waals surface area contributed by atoms with Crippen molar-refractivity contribution in [3.8, 4) is 17.7 Å². The lowest BCUT2D eigenvalue weighted by atomic mass is 10.00. The first-order chi connectivity index (χ1) is 15.2. The van der Waals surface area contributed by atoms with Crippen molar-refractivity contribution in [2.45, 2.75) is 40.2 Å². The number of Topliss-reactive ketones (excluding diaryl/α,β-unsaturated/α-hetero) is 1. The summed E-state index contributed by atoms with van der Waals surface area (Å²) in [5, 5.41) is 20.4. The number of hydrogen-bond donors (Lipinski definition) is 1. The summed E-state index contributed by atoms with van der Waals surface area (Å²) >= 11 is 0. The van der Waals surface area contributed by atoms with E-state index in [2.05, 4.69) is 4.98 Å². The SMILES string of the molecule is Cc1ccc(C(C)C)c(OCC(=O)c2c(C)c(C#N)c(=O)n(Cc3cccnc3)c2O)c1. The Labute approximate surface area is 186 Å². The fourth-order valence-electron chi connectivity index (χ4n) is 3.56. The molecule has 1 N–H and O–H groups in total. The zero-order valence-electron chi connectivity index (χ0n) is 18.5. The molecule has 0 aliphatic heterocycles. The zero-order valence-corrected chi connectivity index (χ0v) is 18.5. The number of ether oxygens (including phenoxy) is 1. The van der Waals surface area contributed by atoms with Gasteiger partial charge in [0.15, 0.2) is 6.61 Å². The Morgan fingerprint density at radius 2 is 2.03 bits per heavy atom. The third-order valence-corrected chi connectivity index (χ3v) is 5.29. The molecule has 7 nitrogen and oxygen atoms in total. The predicted molar refractivity (Wildman–Crippen MR) is 120 cm³/mol. The molecule has 3 aromatic rings. The minimum atomic E-state index is -0.662. The first kappa shape index (κ1) is 22.8. The van der Waals surface area contributed by atoms with Gasteiger partial charge in [0.2, 0.25) is 11.7 Å². The van der Waals surface area contributed by atoms with Crippen LogP contribution in [0, 0.1) is 25.2 Å². The first-order valence-electron chi connectivity index (χ1n) is 10.3. The van der Waals surface area contributed by atoms with Crippen LogP contribution in [0.15, 0.2) is 47.5 Å². The van der Waals surface area contributed by atoms with E-state index < -0.39 is 17.2 Å². The molecule has 164 valence electrons. The molecule has 0 fully saturated rings. The van der Waals surface area contributed by atoms with Crippen LogP contribution in [0.1, 0.15) is 57.9 Å². The molecule has 3 rings (SSSR count). The highest BCUT2D eigenvalue weighted by Crippen LogP contribution is 2.28. The van der Waals surface area contributed by atoms with Gasteiger partial charge in [-0.25, -0.2) is 0 Å². The molecule has 2 aromatic heterocycles. The number of aromatic nitrogens is 2. The van der Waals surface area contributed by atoms with Crippen molar-refractivity contribution in [1.29, 1.82) is 5.26 Å². The summed E-state index contributed by atoms with van der Waals surface area (Å²) in [4.78, 5) is 29.9. The number of carbonyl (C=O) groups is 1. The molecule has 0 spiro atoms. The molecule has 1 aromatic carbocycles. The lowest BCUT2D eigenvalue weighted by molar-refractivity contribution is 0.0915. The number of benzene rings is 1. The Bertz CT molecular complexity index is 1250. The minimum absolute atomic E-state index is 0.0238. The maximum Gasteiger partial charge on any atom is 0.271 e. The minimum Gasteiger partial charge on any atom is -0.494 e. The van der Waals surface area contributed by atoms with E-state index in [1.165, 1.54) is 6.92 Å². The number of aromatic hydroxyl groups is 1. The van der Waals surface area contributed by atoms with Crippen LogP contribution in [-0.4, -0.2) is 27.0 Å². The van der Waals surface area contributed by atoms with Crippen LogP contribution < -0.4 is 10.3 Å². The van der Waals surface area contributed by atoms with Gasteiger partial charge in [-0.05, 0) is 54.2 Å². The van der Waals surface area contributed by atoms with Gasteiger partial charge in [-0.2, -0.15) is 5.26 Å². The van der Waals surface area contributed by atoms with Gasteiger partial charge < -0.3 is 9.84 Å². The number of nitrogens with zero attached hydrogens (tertiary/aromatic N) is 3. The molecule has 0 atom stereocenters. The van der Waals surface area contributed by atoms with E-state index in [1.54, 1.807) is 24.5 Å². The number of pyridine rings is 2. The van der Waals surface area contributed by atoms with E-state index in [-0.39, 0.29) is 35.8 Å². The summed E-state index contributed by atoms with van der Waals surface area (Å²) in [6.07, 6.45) is 3.14. The number of nitriles is 1. The lowest BCUT2D eigenvalue weighted by Crippen LogP contribution is -2.28. The molecule has 2 heterocycles. The van der Waals surface area contributed by atoms with Crippen molar-refractivity contribution in [1.82, 2.24) is 9.55 Å². The fraction of sp³-hybridized carbons (Fsp3) is 0.280. The van der Waals surface area contributed by atoms with Crippen LogP contribution in [0.3, 0.4) is 0 Å². The standard InChI is InChI=1S/C25H25N3O4/c1-15(2)19-8-7-16(3)10-22(19)32-14-21(29)23-17(4)20(11-26)24(30)28(25(23)31)13-18-6-5-9-27-12-18/h5-10,12,15,31H,13-14H2,1-4H3. The Kier molecular flexibility index (Phi) is 6.74. The zero-order chi connectivity index (χ0) is 23.4. The van der Waals surface area contributed by atoms with Crippen LogP contribution in [0.2, 0.25) is 0 Å². The summed E-state index contributed by atoms with van der Waals surface area (Å²) in [6.45, 7) is 7.11. The number of ketones is 1. The van der Waals surface area contributed by atoms with E-state index in [0.29, 0.717) is 11.3 Å². The van der Waals surface area contributed by atoms with Crippen LogP contribution >= 0.6 is 0 Å². The van der Waals surface area contributed by atoms with Gasteiger partial charge in [0.1, 0.15) is 17.4 Å². The largest absolute Gasteiger partial charge is 0.494 e. The Morgan fingerprint density at radius 1 is 1.28 bits per heavy atom. The van der Waals surface area contributed by atoms with E-state index >= 15 is 0 Å². The van der Waals surface area contributed by atoms with Crippen molar-refractivity contribution in [2.75, 3.05) is 6.61 Å². The molecular formula is C25H25N3O4. The van der Waals surface area contributed by atoms with Gasteiger partial charge in [-0.15, -0.1) is 0 Å². The molecule has 0 radical (unpaired) electrons. The molecule has 0 aliphatic rings. The van der Waals surface area contributed by atoms with Crippen molar-refractivity contribution >= 4 is 5.78 Å². The van der Waals surface area contributed by atoms with Gasteiger partial charge in [-0.3, -0.25) is 19.1 Å². The second kappa shape index (κ2) is 9.48. The third kappa shape index (κ3) is 4.54. The highest BCUT2D eigenvalue weighted by atomic mass is 16.5. The van der Waals surface area contributed by atoms with Gasteiger partial charge in [-0.1, -0.05) is 32.0 Å². The topological polar surface area (TPSA) is 105 Å². The van der Waals surface area contributed by atoms with Crippen molar-refractivity contribution < 1.29 is 14.6 Å². The Morgan fingerprint density at radius 3 is 2.66 bits per heavy atom. The molecule has 7 heteroatoms. The van der Waals surface area contributed by atoms with Gasteiger partial charge in [0, 0.05) is 12.4 Å². The van der Waals surface area contributed by atoms with E-state index in [4.69, 9.17) is 4.74 Å². The summed E-state index contributed by atoms with van der Waals surface area (Å²) in [5.74, 6) is -0.220. The van der Waals surface area contributed by atoms with Crippen LogP contribution in [0.5, 0.6) is 11.6 Å². The summed E-state index contributed by atoms with van der Waals surface area (Å²) < 4.78 is 6.84. The molecular weight excluding hydrogens is 406 g/mol. The maximum absolute atomic E-state index is 13.1. The Hall–Kier alpha value is -3.92. The second-order valence-electron chi connectivity index (χ2n) is 7.97. The van der Waals surface area contributed by atoms with Gasteiger partial charge >= 0.3 is 0 Å². The molecule has 0 amide bonds. The summed E-state index contributed by atoms with van der Waals surface area (Å²) in [7, 11) is 0. The average molecular weight is 431 g/mol. The van der Waals surface area contributed by atoms with E-state index in [9.17, 15) is 20.0 Å². The number of rotatable bonds is 7. The van der Waals surface area contributed by atoms with E-state index in [1.807, 2.05) is 45.0 Å². The molecule has 32 heavy (non-hydrogen) atoms.